The molecule has 2 nitrogen and oxygen atoms in total. The molecule has 9 aromatic carbocycles. The quantitative estimate of drug-likeness (QED) is 0.146. The van der Waals surface area contributed by atoms with Gasteiger partial charge >= 0.3 is 0 Å². The van der Waals surface area contributed by atoms with Crippen molar-refractivity contribution >= 4 is 48.5 Å². The van der Waals surface area contributed by atoms with Gasteiger partial charge in [0.2, 0.25) is 0 Å². The Hall–Kier alpha value is -6.68. The monoisotopic (exact) mass is 807 g/mol. The van der Waals surface area contributed by atoms with Gasteiger partial charge in [-0.25, -0.2) is 0 Å². The zero-order valence-electron chi connectivity index (χ0n) is 31.9. The summed E-state index contributed by atoms with van der Waals surface area (Å²) in [5.41, 5.74) is 15.3. The Morgan fingerprint density at radius 3 is 1.90 bits per heavy atom. The van der Waals surface area contributed by atoms with Crippen molar-refractivity contribution in [3.8, 4) is 33.7 Å². The summed E-state index contributed by atoms with van der Waals surface area (Å²) in [6.07, 6.45) is 0. The lowest BCUT2D eigenvalue weighted by Crippen LogP contribution is -2.28. The SMILES string of the molecule is Cc1cc(-c2ccc3c(c2)c2ccccc2n3-c2ccc3c(c2)C(c2ccccc2)(c2ccccc2)c2ccccc2-3)ccc1OC(Br)c1cccc2ccccc12. The maximum Gasteiger partial charge on any atom is 0.178 e. The van der Waals surface area contributed by atoms with Crippen molar-refractivity contribution in [3.63, 3.8) is 0 Å². The first-order valence-electron chi connectivity index (χ1n) is 19.9. The summed E-state index contributed by atoms with van der Waals surface area (Å²) in [5, 5.41) is 4.57. The van der Waals surface area contributed by atoms with Crippen molar-refractivity contribution in [2.24, 2.45) is 0 Å². The van der Waals surface area contributed by atoms with E-state index < -0.39 is 5.41 Å². The number of alkyl halides is 1. The highest BCUT2D eigenvalue weighted by molar-refractivity contribution is 9.09. The Kier molecular flexibility index (Phi) is 8.20. The molecule has 58 heavy (non-hydrogen) atoms. The number of halogens is 1. The van der Waals surface area contributed by atoms with E-state index in [4.69, 9.17) is 4.74 Å². The van der Waals surface area contributed by atoms with Gasteiger partial charge in [-0.3, -0.25) is 0 Å². The summed E-state index contributed by atoms with van der Waals surface area (Å²) >= 11 is 3.84. The van der Waals surface area contributed by atoms with Crippen LogP contribution in [0.1, 0.15) is 38.4 Å². The summed E-state index contributed by atoms with van der Waals surface area (Å²) in [6, 6.07) is 75.1. The first kappa shape index (κ1) is 34.6. The fourth-order valence-corrected chi connectivity index (χ4v) is 10.2. The highest BCUT2D eigenvalue weighted by atomic mass is 79.9. The highest BCUT2D eigenvalue weighted by Gasteiger charge is 2.46. The lowest BCUT2D eigenvalue weighted by molar-refractivity contribution is 0.301. The van der Waals surface area contributed by atoms with Gasteiger partial charge in [-0.05, 0) is 126 Å². The van der Waals surface area contributed by atoms with Crippen molar-refractivity contribution in [2.75, 3.05) is 0 Å². The van der Waals surface area contributed by atoms with Gasteiger partial charge in [-0.1, -0.05) is 164 Å². The van der Waals surface area contributed by atoms with Crippen LogP contribution in [-0.4, -0.2) is 4.57 Å². The van der Waals surface area contributed by atoms with Crippen LogP contribution in [0.4, 0.5) is 0 Å². The van der Waals surface area contributed by atoms with Gasteiger partial charge in [-0.15, -0.1) is 0 Å². The number of aryl methyl sites for hydroxylation is 1. The molecule has 0 saturated heterocycles. The third kappa shape index (κ3) is 5.31. The number of rotatable bonds is 7. The fraction of sp³-hybridized carbons (Fsp3) is 0.0545. The van der Waals surface area contributed by atoms with Crippen LogP contribution in [0.3, 0.4) is 0 Å². The predicted octanol–water partition coefficient (Wildman–Crippen LogP) is 14.7. The molecule has 1 unspecified atom stereocenters. The molecule has 0 aliphatic heterocycles. The molecule has 1 aromatic heterocycles. The van der Waals surface area contributed by atoms with E-state index in [9.17, 15) is 0 Å². The molecule has 0 spiro atoms. The second-order valence-electron chi connectivity index (χ2n) is 15.3. The van der Waals surface area contributed by atoms with Crippen LogP contribution in [0.15, 0.2) is 206 Å². The second-order valence-corrected chi connectivity index (χ2v) is 16.2. The summed E-state index contributed by atoms with van der Waals surface area (Å²) < 4.78 is 9.00. The third-order valence-corrected chi connectivity index (χ3v) is 12.9. The highest BCUT2D eigenvalue weighted by Crippen LogP contribution is 2.56. The summed E-state index contributed by atoms with van der Waals surface area (Å²) in [6.45, 7) is 2.13. The van der Waals surface area contributed by atoms with Gasteiger partial charge in [-0.2, -0.15) is 0 Å². The van der Waals surface area contributed by atoms with E-state index in [2.05, 4.69) is 234 Å². The number of ether oxygens (including phenoxy) is 1. The first-order valence-corrected chi connectivity index (χ1v) is 20.8. The van der Waals surface area contributed by atoms with Crippen LogP contribution in [0, 0.1) is 6.92 Å². The van der Waals surface area contributed by atoms with Gasteiger partial charge in [0.1, 0.15) is 5.75 Å². The lowest BCUT2D eigenvalue weighted by atomic mass is 9.67. The van der Waals surface area contributed by atoms with Crippen LogP contribution < -0.4 is 4.74 Å². The first-order chi connectivity index (χ1) is 28.6. The number of fused-ring (bicyclic) bond motifs is 7. The van der Waals surface area contributed by atoms with Crippen LogP contribution in [0.2, 0.25) is 0 Å². The molecule has 0 amide bonds. The molecule has 0 bridgehead atoms. The normalized spacial score (nSPS) is 13.4. The van der Waals surface area contributed by atoms with Crippen LogP contribution in [0.25, 0.3) is 60.5 Å². The molecule has 1 aliphatic rings. The Labute approximate surface area is 346 Å². The lowest BCUT2D eigenvalue weighted by Gasteiger charge is -2.34. The van der Waals surface area contributed by atoms with Crippen molar-refractivity contribution in [3.05, 3.63) is 240 Å². The van der Waals surface area contributed by atoms with E-state index in [0.717, 1.165) is 28.1 Å². The van der Waals surface area contributed by atoms with Gasteiger partial charge in [0.25, 0.3) is 0 Å². The average Bonchev–Trinajstić information content (AvgIpc) is 3.77. The van der Waals surface area contributed by atoms with E-state index in [1.54, 1.807) is 0 Å². The molecular formula is C55H38BrNO. The molecule has 0 saturated carbocycles. The largest absolute Gasteiger partial charge is 0.474 e. The molecule has 1 atom stereocenters. The maximum absolute atomic E-state index is 6.55. The minimum Gasteiger partial charge on any atom is -0.474 e. The number of aromatic nitrogens is 1. The Morgan fingerprint density at radius 2 is 1.10 bits per heavy atom. The van der Waals surface area contributed by atoms with Gasteiger partial charge in [0.15, 0.2) is 5.01 Å². The van der Waals surface area contributed by atoms with Gasteiger partial charge < -0.3 is 9.30 Å². The number of para-hydroxylation sites is 1. The standard InChI is InChI=1S/C55H38BrNO/c1-36-33-38(28-32-53(36)58-54(56)47-24-14-16-37-15-8-9-21-43(37)47)39-27-31-52-48(34-39)46-23-11-13-26-51(46)57(52)42-29-30-45-44-22-10-12-25-49(44)55(50(45)35-42,40-17-4-2-5-18-40)41-19-6-3-7-20-41/h2-35,54H,1H3. The molecule has 0 fully saturated rings. The van der Waals surface area contributed by atoms with Crippen LogP contribution in [0.5, 0.6) is 5.75 Å². The molecule has 10 aromatic rings. The molecular weight excluding hydrogens is 771 g/mol. The molecule has 276 valence electrons. The number of hydrogen-bond acceptors (Lipinski definition) is 1. The number of hydrogen-bond donors (Lipinski definition) is 0. The van der Waals surface area contributed by atoms with E-state index in [1.165, 1.54) is 71.5 Å². The minimum atomic E-state index is -0.464. The minimum absolute atomic E-state index is 0.274. The summed E-state index contributed by atoms with van der Waals surface area (Å²) in [5.74, 6) is 0.858. The van der Waals surface area contributed by atoms with E-state index in [0.29, 0.717) is 0 Å². The number of nitrogens with zero attached hydrogens (tertiary/aromatic N) is 1. The smallest absolute Gasteiger partial charge is 0.178 e. The van der Waals surface area contributed by atoms with Gasteiger partial charge in [0.05, 0.1) is 16.4 Å². The molecule has 0 radical (unpaired) electrons. The zero-order valence-corrected chi connectivity index (χ0v) is 33.5. The molecule has 1 aliphatic carbocycles. The zero-order chi connectivity index (χ0) is 38.8. The van der Waals surface area contributed by atoms with E-state index >= 15 is 0 Å². The van der Waals surface area contributed by atoms with Crippen LogP contribution in [-0.2, 0) is 5.41 Å². The topological polar surface area (TPSA) is 14.2 Å². The van der Waals surface area contributed by atoms with E-state index in [-0.39, 0.29) is 5.01 Å². The van der Waals surface area contributed by atoms with Crippen molar-refractivity contribution in [2.45, 2.75) is 17.4 Å². The summed E-state index contributed by atoms with van der Waals surface area (Å²) in [7, 11) is 0. The maximum atomic E-state index is 6.55. The van der Waals surface area contributed by atoms with Gasteiger partial charge in [0, 0.05) is 22.0 Å². The predicted molar refractivity (Wildman–Crippen MR) is 245 cm³/mol. The Morgan fingerprint density at radius 1 is 0.483 bits per heavy atom. The Balaban J connectivity index is 1.02. The fourth-order valence-electron chi connectivity index (χ4n) is 9.59. The molecule has 3 heteroatoms. The Bertz CT molecular complexity index is 3140. The van der Waals surface area contributed by atoms with Crippen molar-refractivity contribution < 1.29 is 4.74 Å². The third-order valence-electron chi connectivity index (χ3n) is 12.2. The second kappa shape index (κ2) is 13.8. The molecule has 11 rings (SSSR count). The van der Waals surface area contributed by atoms with Crippen LogP contribution >= 0.6 is 15.9 Å². The number of benzene rings is 9. The molecule has 0 N–H and O–H groups in total. The van der Waals surface area contributed by atoms with E-state index in [1.807, 2.05) is 0 Å². The van der Waals surface area contributed by atoms with Crippen molar-refractivity contribution in [1.29, 1.82) is 0 Å². The average molecular weight is 809 g/mol. The van der Waals surface area contributed by atoms with Crippen molar-refractivity contribution in [1.82, 2.24) is 4.57 Å². The summed E-state index contributed by atoms with van der Waals surface area (Å²) in [4.78, 5) is 0. The molecule has 1 heterocycles.